The lowest BCUT2D eigenvalue weighted by Crippen LogP contribution is -2.49. The maximum atomic E-state index is 13.1. The first-order chi connectivity index (χ1) is 14.4. The van der Waals surface area contributed by atoms with Gasteiger partial charge < -0.3 is 10.1 Å². The maximum Gasteiger partial charge on any atom is 0.416 e. The van der Waals surface area contributed by atoms with E-state index in [-0.39, 0.29) is 37.1 Å². The molecule has 0 saturated carbocycles. The molecule has 3 nitrogen and oxygen atoms in total. The zero-order chi connectivity index (χ0) is 22.9. The summed E-state index contributed by atoms with van der Waals surface area (Å²) in [5.41, 5.74) is -2.73. The van der Waals surface area contributed by atoms with Crippen LogP contribution in [0.4, 0.5) is 26.3 Å². The molecule has 2 atom stereocenters. The van der Waals surface area contributed by atoms with Crippen molar-refractivity contribution < 1.29 is 35.9 Å². The fourth-order valence-electron chi connectivity index (χ4n) is 3.64. The molecule has 1 aliphatic rings. The highest BCUT2D eigenvalue weighted by molar-refractivity contribution is 5.77. The van der Waals surface area contributed by atoms with Gasteiger partial charge in [0.25, 0.3) is 0 Å². The number of rotatable bonds is 5. The number of nitrogens with one attached hydrogen (secondary N) is 1. The summed E-state index contributed by atoms with van der Waals surface area (Å²) in [5.74, 6) is -0.118. The lowest BCUT2D eigenvalue weighted by atomic mass is 9.75. The molecule has 0 spiro atoms. The Morgan fingerprint density at radius 1 is 1.00 bits per heavy atom. The topological polar surface area (TPSA) is 38.3 Å². The van der Waals surface area contributed by atoms with Gasteiger partial charge in [-0.15, -0.1) is 0 Å². The summed E-state index contributed by atoms with van der Waals surface area (Å²) in [6.45, 7) is 1.70. The Morgan fingerprint density at radius 2 is 1.58 bits per heavy atom. The van der Waals surface area contributed by atoms with Crippen LogP contribution in [-0.2, 0) is 27.3 Å². The van der Waals surface area contributed by atoms with E-state index < -0.39 is 35.0 Å². The van der Waals surface area contributed by atoms with Gasteiger partial charge in [0.2, 0.25) is 5.91 Å². The van der Waals surface area contributed by atoms with E-state index in [2.05, 4.69) is 5.32 Å². The summed E-state index contributed by atoms with van der Waals surface area (Å²) in [6, 6.07) is 10.6. The van der Waals surface area contributed by atoms with Crippen LogP contribution >= 0.6 is 0 Å². The smallest absolute Gasteiger partial charge is 0.373 e. The summed E-state index contributed by atoms with van der Waals surface area (Å²) >= 11 is 0. The van der Waals surface area contributed by atoms with Gasteiger partial charge in [-0.3, -0.25) is 4.79 Å². The van der Waals surface area contributed by atoms with Crippen molar-refractivity contribution in [3.63, 3.8) is 0 Å². The van der Waals surface area contributed by atoms with E-state index in [1.807, 2.05) is 30.3 Å². The van der Waals surface area contributed by atoms with Crippen LogP contribution in [0.15, 0.2) is 48.5 Å². The van der Waals surface area contributed by atoms with Gasteiger partial charge in [0, 0.05) is 18.4 Å². The molecule has 1 fully saturated rings. The molecule has 31 heavy (non-hydrogen) atoms. The number of hydrogen-bond acceptors (Lipinski definition) is 2. The van der Waals surface area contributed by atoms with Crippen LogP contribution < -0.4 is 5.32 Å². The van der Waals surface area contributed by atoms with Gasteiger partial charge in [-0.2, -0.15) is 26.3 Å². The Labute approximate surface area is 175 Å². The fraction of sp³-hybridized carbons (Fsp3) is 0.409. The molecule has 0 bridgehead atoms. The second-order valence-electron chi connectivity index (χ2n) is 7.72. The van der Waals surface area contributed by atoms with Gasteiger partial charge in [-0.1, -0.05) is 30.3 Å². The van der Waals surface area contributed by atoms with Crippen molar-refractivity contribution in [3.05, 3.63) is 70.8 Å². The zero-order valence-electron chi connectivity index (χ0n) is 16.6. The summed E-state index contributed by atoms with van der Waals surface area (Å²) in [7, 11) is 0. The van der Waals surface area contributed by atoms with Crippen LogP contribution in [0.3, 0.4) is 0 Å². The maximum absolute atomic E-state index is 13.1. The Balaban J connectivity index is 1.87. The van der Waals surface area contributed by atoms with Gasteiger partial charge in [0.1, 0.15) is 0 Å². The van der Waals surface area contributed by atoms with Crippen molar-refractivity contribution in [1.29, 1.82) is 0 Å². The molecular weight excluding hydrogens is 424 g/mol. The molecule has 0 radical (unpaired) electrons. The van der Waals surface area contributed by atoms with E-state index in [4.69, 9.17) is 4.74 Å². The minimum atomic E-state index is -4.92. The molecule has 1 saturated heterocycles. The second-order valence-corrected chi connectivity index (χ2v) is 7.72. The van der Waals surface area contributed by atoms with Crippen molar-refractivity contribution in [3.8, 4) is 0 Å². The minimum absolute atomic E-state index is 0.0239. The number of benzene rings is 2. The average Bonchev–Trinajstić information content (AvgIpc) is 2.72. The number of carbonyl (C=O) groups excluding carboxylic acids is 1. The predicted molar refractivity (Wildman–Crippen MR) is 101 cm³/mol. The van der Waals surface area contributed by atoms with Crippen molar-refractivity contribution in [1.82, 2.24) is 5.32 Å². The molecule has 0 aliphatic carbocycles. The van der Waals surface area contributed by atoms with E-state index in [1.165, 1.54) is 6.92 Å². The van der Waals surface area contributed by atoms with E-state index in [1.54, 1.807) is 0 Å². The molecule has 0 aromatic heterocycles. The summed E-state index contributed by atoms with van der Waals surface area (Å²) < 4.78 is 84.7. The first-order valence-corrected chi connectivity index (χ1v) is 9.64. The number of carbonyl (C=O) groups is 1. The Kier molecular flexibility index (Phi) is 6.36. The third-order valence-electron chi connectivity index (χ3n) is 5.53. The summed E-state index contributed by atoms with van der Waals surface area (Å²) in [4.78, 5) is 11.6. The number of halogens is 6. The highest BCUT2D eigenvalue weighted by Crippen LogP contribution is 2.39. The van der Waals surface area contributed by atoms with Crippen LogP contribution in [0.1, 0.15) is 48.1 Å². The van der Waals surface area contributed by atoms with Crippen molar-refractivity contribution >= 4 is 5.91 Å². The van der Waals surface area contributed by atoms with Crippen LogP contribution in [0.2, 0.25) is 0 Å². The summed E-state index contributed by atoms with van der Waals surface area (Å²) in [6.07, 6.45) is -10.2. The number of hydrogen-bond donors (Lipinski definition) is 1. The molecule has 1 heterocycles. The standard InChI is InChI=1S/C22H21F6NO2/c1-14(15-9-17(21(23,24)25)11-18(10-15)22(26,27)28)31-13-20(8-7-19(30)29-12-20)16-5-3-2-4-6-16/h2-6,9-11,14H,7-8,12-13H2,1H3,(H,29,30)/t14-,20+/m1/s1. The molecule has 1 aliphatic heterocycles. The average molecular weight is 445 g/mol. The lowest BCUT2D eigenvalue weighted by molar-refractivity contribution is -0.143. The molecule has 2 aromatic rings. The number of piperidine rings is 1. The van der Waals surface area contributed by atoms with Crippen LogP contribution in [0.25, 0.3) is 0 Å². The van der Waals surface area contributed by atoms with Crippen molar-refractivity contribution in [2.45, 2.75) is 43.6 Å². The van der Waals surface area contributed by atoms with Crippen LogP contribution in [0, 0.1) is 0 Å². The Morgan fingerprint density at radius 3 is 2.06 bits per heavy atom. The quantitative estimate of drug-likeness (QED) is 0.604. The van der Waals surface area contributed by atoms with Gasteiger partial charge in [-0.05, 0) is 42.7 Å². The van der Waals surface area contributed by atoms with E-state index in [0.717, 1.165) is 5.56 Å². The lowest BCUT2D eigenvalue weighted by Gasteiger charge is -2.38. The van der Waals surface area contributed by atoms with E-state index in [9.17, 15) is 31.1 Å². The first kappa shape index (κ1) is 23.1. The van der Waals surface area contributed by atoms with Crippen LogP contribution in [-0.4, -0.2) is 19.1 Å². The largest absolute Gasteiger partial charge is 0.416 e. The minimum Gasteiger partial charge on any atom is -0.373 e. The predicted octanol–water partition coefficient (Wildman–Crippen LogP) is 5.65. The number of alkyl halides is 6. The number of ether oxygens (including phenoxy) is 1. The van der Waals surface area contributed by atoms with Crippen molar-refractivity contribution in [2.24, 2.45) is 0 Å². The van der Waals surface area contributed by atoms with Crippen LogP contribution in [0.5, 0.6) is 0 Å². The molecular formula is C22H21F6NO2. The summed E-state index contributed by atoms with van der Waals surface area (Å²) in [5, 5.41) is 2.78. The third kappa shape index (κ3) is 5.39. The van der Waals surface area contributed by atoms with Gasteiger partial charge in [0.15, 0.2) is 0 Å². The monoisotopic (exact) mass is 445 g/mol. The van der Waals surface area contributed by atoms with Gasteiger partial charge in [0.05, 0.1) is 23.8 Å². The van der Waals surface area contributed by atoms with Gasteiger partial charge >= 0.3 is 12.4 Å². The molecule has 0 unspecified atom stereocenters. The molecule has 168 valence electrons. The Hall–Kier alpha value is -2.55. The normalized spacial score (nSPS) is 20.9. The van der Waals surface area contributed by atoms with E-state index in [0.29, 0.717) is 18.6 Å². The molecule has 2 aromatic carbocycles. The second kappa shape index (κ2) is 8.53. The highest BCUT2D eigenvalue weighted by Gasteiger charge is 2.39. The molecule has 3 rings (SSSR count). The molecule has 1 N–H and O–H groups in total. The molecule has 9 heteroatoms. The van der Waals surface area contributed by atoms with E-state index >= 15 is 0 Å². The van der Waals surface area contributed by atoms with Gasteiger partial charge in [-0.25, -0.2) is 0 Å². The zero-order valence-corrected chi connectivity index (χ0v) is 16.6. The number of amides is 1. The first-order valence-electron chi connectivity index (χ1n) is 9.64. The SMILES string of the molecule is C[C@@H](OC[C@]1(c2ccccc2)CCC(=O)NC1)c1cc(C(F)(F)F)cc(C(F)(F)F)c1. The Bertz CT molecular complexity index is 882. The van der Waals surface area contributed by atoms with Crippen molar-refractivity contribution in [2.75, 3.05) is 13.2 Å². The fourth-order valence-corrected chi connectivity index (χ4v) is 3.64. The highest BCUT2D eigenvalue weighted by atomic mass is 19.4. The molecule has 1 amide bonds. The third-order valence-corrected chi connectivity index (χ3v) is 5.53.